The fourth-order valence-electron chi connectivity index (χ4n) is 0.695. The molecular formula is C5H7ClN2O3S. The van der Waals surface area contributed by atoms with Crippen molar-refractivity contribution in [3.05, 3.63) is 11.8 Å². The zero-order valence-electron chi connectivity index (χ0n) is 6.24. The summed E-state index contributed by atoms with van der Waals surface area (Å²) in [4.78, 5) is 0. The number of hydrogen-bond donors (Lipinski definition) is 1. The van der Waals surface area contributed by atoms with Crippen LogP contribution in [-0.2, 0) is 20.4 Å². The van der Waals surface area contributed by atoms with Gasteiger partial charge >= 0.3 is 0 Å². The van der Waals surface area contributed by atoms with E-state index < -0.39 is 9.05 Å². The average molecular weight is 211 g/mol. The number of halogens is 1. The van der Waals surface area contributed by atoms with Gasteiger partial charge in [-0.15, -0.1) is 0 Å². The van der Waals surface area contributed by atoms with Crippen molar-refractivity contribution in [3.63, 3.8) is 0 Å². The fraction of sp³-hybridized carbons (Fsp3) is 0.400. The summed E-state index contributed by atoms with van der Waals surface area (Å²) >= 11 is 0. The Labute approximate surface area is 74.1 Å². The van der Waals surface area contributed by atoms with Gasteiger partial charge in [0.25, 0.3) is 9.05 Å². The van der Waals surface area contributed by atoms with Crippen molar-refractivity contribution in [1.29, 1.82) is 0 Å². The molecule has 68 valence electrons. The van der Waals surface area contributed by atoms with Crippen LogP contribution >= 0.6 is 10.7 Å². The predicted octanol–water partition coefficient (Wildman–Crippen LogP) is 0.484. The highest BCUT2D eigenvalue weighted by Crippen LogP contribution is 2.12. The lowest BCUT2D eigenvalue weighted by Gasteiger charge is -1.89. The largest absolute Gasteiger partial charge is 0.378 e. The minimum atomic E-state index is -3.73. The maximum absolute atomic E-state index is 10.7. The first-order valence-electron chi connectivity index (χ1n) is 3.02. The van der Waals surface area contributed by atoms with E-state index >= 15 is 0 Å². The monoisotopic (exact) mass is 210 g/mol. The highest BCUT2D eigenvalue weighted by atomic mass is 35.7. The second-order valence-electron chi connectivity index (χ2n) is 2.10. The van der Waals surface area contributed by atoms with Gasteiger partial charge < -0.3 is 4.74 Å². The molecule has 1 aromatic rings. The molecule has 0 unspecified atom stereocenters. The van der Waals surface area contributed by atoms with Crippen LogP contribution in [0.3, 0.4) is 0 Å². The second-order valence-corrected chi connectivity index (χ2v) is 4.62. The quantitative estimate of drug-likeness (QED) is 0.737. The Kier molecular flexibility index (Phi) is 2.71. The molecule has 0 saturated carbocycles. The van der Waals surface area contributed by atoms with Gasteiger partial charge in [-0.05, 0) is 0 Å². The maximum atomic E-state index is 10.7. The van der Waals surface area contributed by atoms with E-state index in [2.05, 4.69) is 10.2 Å². The lowest BCUT2D eigenvalue weighted by atomic mass is 10.5. The van der Waals surface area contributed by atoms with E-state index in [0.717, 1.165) is 0 Å². The summed E-state index contributed by atoms with van der Waals surface area (Å²) in [6, 6.07) is 1.33. The van der Waals surface area contributed by atoms with Crippen molar-refractivity contribution >= 4 is 19.7 Å². The number of aromatic amines is 1. The van der Waals surface area contributed by atoms with Gasteiger partial charge in [-0.3, -0.25) is 5.10 Å². The van der Waals surface area contributed by atoms with Crippen molar-refractivity contribution in [2.75, 3.05) is 7.11 Å². The van der Waals surface area contributed by atoms with Crippen LogP contribution in [0, 0.1) is 0 Å². The van der Waals surface area contributed by atoms with Crippen molar-refractivity contribution in [1.82, 2.24) is 10.2 Å². The van der Waals surface area contributed by atoms with Crippen LogP contribution in [0.5, 0.6) is 0 Å². The van der Waals surface area contributed by atoms with Gasteiger partial charge in [0, 0.05) is 23.9 Å². The number of nitrogens with zero attached hydrogens (tertiary/aromatic N) is 1. The number of aromatic nitrogens is 2. The Bertz CT molecular complexity index is 359. The molecule has 0 aromatic carbocycles. The zero-order chi connectivity index (χ0) is 9.19. The van der Waals surface area contributed by atoms with Crippen LogP contribution in [0.1, 0.15) is 5.69 Å². The molecule has 0 bridgehead atoms. The molecule has 0 radical (unpaired) electrons. The normalized spacial score (nSPS) is 11.8. The molecule has 0 fully saturated rings. The highest BCUT2D eigenvalue weighted by molar-refractivity contribution is 8.13. The fourth-order valence-corrected chi connectivity index (χ4v) is 1.37. The van der Waals surface area contributed by atoms with Gasteiger partial charge in [-0.2, -0.15) is 5.10 Å². The van der Waals surface area contributed by atoms with Crippen LogP contribution < -0.4 is 0 Å². The first kappa shape index (κ1) is 9.50. The summed E-state index contributed by atoms with van der Waals surface area (Å²) in [6.07, 6.45) is 0. The van der Waals surface area contributed by atoms with Crippen LogP contribution in [0.15, 0.2) is 11.1 Å². The molecule has 0 atom stereocenters. The van der Waals surface area contributed by atoms with Crippen molar-refractivity contribution in [2.24, 2.45) is 0 Å². The van der Waals surface area contributed by atoms with Crippen LogP contribution in [0.4, 0.5) is 0 Å². The topological polar surface area (TPSA) is 72.1 Å². The number of ether oxygens (including phenoxy) is 1. The first-order chi connectivity index (χ1) is 5.54. The summed E-state index contributed by atoms with van der Waals surface area (Å²) in [5.41, 5.74) is 0.566. The summed E-state index contributed by atoms with van der Waals surface area (Å²) in [5.74, 6) is 0. The Morgan fingerprint density at radius 1 is 1.75 bits per heavy atom. The third-order valence-corrected chi connectivity index (χ3v) is 2.34. The Morgan fingerprint density at radius 3 is 2.83 bits per heavy atom. The number of methoxy groups -OCH3 is 1. The van der Waals surface area contributed by atoms with E-state index in [-0.39, 0.29) is 11.6 Å². The molecule has 7 heteroatoms. The summed E-state index contributed by atoms with van der Waals surface area (Å²) < 4.78 is 26.1. The minimum Gasteiger partial charge on any atom is -0.378 e. The second kappa shape index (κ2) is 3.42. The van der Waals surface area contributed by atoms with Gasteiger partial charge in [0.1, 0.15) is 0 Å². The third kappa shape index (κ3) is 2.20. The molecule has 1 N–H and O–H groups in total. The van der Waals surface area contributed by atoms with Crippen molar-refractivity contribution in [2.45, 2.75) is 11.6 Å². The molecule has 12 heavy (non-hydrogen) atoms. The number of hydrogen-bond acceptors (Lipinski definition) is 4. The first-order valence-corrected chi connectivity index (χ1v) is 5.33. The Hall–Kier alpha value is -0.590. The number of H-pyrrole nitrogens is 1. The van der Waals surface area contributed by atoms with Crippen molar-refractivity contribution in [3.8, 4) is 0 Å². The molecular weight excluding hydrogens is 204 g/mol. The minimum absolute atomic E-state index is 0.184. The molecule has 0 saturated heterocycles. The number of nitrogens with one attached hydrogen (secondary N) is 1. The average Bonchev–Trinajstić information content (AvgIpc) is 2.35. The van der Waals surface area contributed by atoms with E-state index in [4.69, 9.17) is 15.4 Å². The molecule has 0 aliphatic rings. The summed E-state index contributed by atoms with van der Waals surface area (Å²) in [6.45, 7) is 0.277. The zero-order valence-corrected chi connectivity index (χ0v) is 7.82. The molecule has 0 spiro atoms. The Morgan fingerprint density at radius 2 is 2.42 bits per heavy atom. The molecule has 0 aliphatic carbocycles. The van der Waals surface area contributed by atoms with Gasteiger partial charge in [0.05, 0.1) is 12.3 Å². The van der Waals surface area contributed by atoms with Gasteiger partial charge in [-0.1, -0.05) is 0 Å². The summed E-state index contributed by atoms with van der Waals surface area (Å²) in [5, 5.41) is 5.77. The lowest BCUT2D eigenvalue weighted by molar-refractivity contribution is 0.181. The molecule has 0 amide bonds. The Balaban J connectivity index is 2.92. The maximum Gasteiger partial charge on any atom is 0.280 e. The molecule has 1 aromatic heterocycles. The third-order valence-electron chi connectivity index (χ3n) is 1.16. The van der Waals surface area contributed by atoms with E-state index in [0.29, 0.717) is 5.69 Å². The summed E-state index contributed by atoms with van der Waals surface area (Å²) in [7, 11) is 2.79. The van der Waals surface area contributed by atoms with Crippen LogP contribution in [0.2, 0.25) is 0 Å². The highest BCUT2D eigenvalue weighted by Gasteiger charge is 2.13. The SMILES string of the molecule is COCc1cc(S(=O)(=O)Cl)n[nH]1. The van der Waals surface area contributed by atoms with Gasteiger partial charge in [0.15, 0.2) is 5.03 Å². The standard InChI is InChI=1S/C5H7ClN2O3S/c1-11-3-4-2-5(8-7-4)12(6,9)10/h2H,3H2,1H3,(H,7,8). The van der Waals surface area contributed by atoms with Crippen molar-refractivity contribution < 1.29 is 13.2 Å². The molecule has 5 nitrogen and oxygen atoms in total. The number of rotatable bonds is 3. The van der Waals surface area contributed by atoms with E-state index in [1.54, 1.807) is 0 Å². The van der Waals surface area contributed by atoms with E-state index in [1.165, 1.54) is 13.2 Å². The predicted molar refractivity (Wildman–Crippen MR) is 42.3 cm³/mol. The van der Waals surface area contributed by atoms with E-state index in [1.807, 2.05) is 0 Å². The molecule has 1 heterocycles. The lowest BCUT2D eigenvalue weighted by Crippen LogP contribution is -1.89. The van der Waals surface area contributed by atoms with E-state index in [9.17, 15) is 8.42 Å². The van der Waals surface area contributed by atoms with Crippen LogP contribution in [0.25, 0.3) is 0 Å². The van der Waals surface area contributed by atoms with Crippen LogP contribution in [-0.4, -0.2) is 25.7 Å². The van der Waals surface area contributed by atoms with Gasteiger partial charge in [0.2, 0.25) is 0 Å². The smallest absolute Gasteiger partial charge is 0.280 e. The van der Waals surface area contributed by atoms with Gasteiger partial charge in [-0.25, -0.2) is 8.42 Å². The molecule has 0 aliphatic heterocycles. The molecule has 1 rings (SSSR count).